The Morgan fingerprint density at radius 2 is 2.00 bits per heavy atom. The summed E-state index contributed by atoms with van der Waals surface area (Å²) in [6, 6.07) is 0. The van der Waals surface area contributed by atoms with E-state index >= 15 is 0 Å². The fourth-order valence-electron chi connectivity index (χ4n) is 2.37. The van der Waals surface area contributed by atoms with Crippen LogP contribution in [-0.2, 0) is 10.0 Å². The van der Waals surface area contributed by atoms with Crippen LogP contribution < -0.4 is 16.6 Å². The molecule has 9 heteroatoms. The number of piperidine rings is 1. The van der Waals surface area contributed by atoms with Crippen LogP contribution in [0.15, 0.2) is 20.7 Å². The molecule has 1 aliphatic rings. The molecule has 2 heterocycles. The number of aromatic amines is 2. The molecule has 0 aromatic carbocycles. The molecule has 112 valence electrons. The van der Waals surface area contributed by atoms with Gasteiger partial charge in [0.05, 0.1) is 0 Å². The van der Waals surface area contributed by atoms with Crippen LogP contribution in [0.5, 0.6) is 0 Å². The fraction of sp³-hybridized carbons (Fsp3) is 0.636. The summed E-state index contributed by atoms with van der Waals surface area (Å²) in [5, 5.41) is 3.08. The van der Waals surface area contributed by atoms with Crippen molar-refractivity contribution in [2.24, 2.45) is 5.92 Å². The molecule has 8 nitrogen and oxygen atoms in total. The van der Waals surface area contributed by atoms with Crippen LogP contribution >= 0.6 is 0 Å². The van der Waals surface area contributed by atoms with E-state index in [0.29, 0.717) is 19.0 Å². The van der Waals surface area contributed by atoms with Crippen LogP contribution in [0.3, 0.4) is 0 Å². The molecule has 0 aliphatic carbocycles. The number of hydrogen-bond acceptors (Lipinski definition) is 5. The smallest absolute Gasteiger partial charge is 0.319 e. The Bertz CT molecular complexity index is 670. The molecule has 0 radical (unpaired) electrons. The van der Waals surface area contributed by atoms with E-state index in [1.807, 2.05) is 12.0 Å². The van der Waals surface area contributed by atoms with Crippen molar-refractivity contribution in [3.05, 3.63) is 27.0 Å². The standard InChI is InChI=1S/C11H18N4O4S/c1-12-6-8-2-4-15(5-3-8)20(18,19)9-7-13-11(17)14-10(9)16/h7-8,12H,2-6H2,1H3,(H2,13,14,16,17). The molecule has 0 atom stereocenters. The average molecular weight is 302 g/mol. The Morgan fingerprint density at radius 3 is 2.55 bits per heavy atom. The van der Waals surface area contributed by atoms with Crippen LogP contribution in [0.2, 0.25) is 0 Å². The Balaban J connectivity index is 2.20. The molecule has 0 spiro atoms. The summed E-state index contributed by atoms with van der Waals surface area (Å²) in [6.07, 6.45) is 2.46. The molecule has 0 saturated carbocycles. The first-order valence-corrected chi connectivity index (χ1v) is 7.86. The molecular weight excluding hydrogens is 284 g/mol. The van der Waals surface area contributed by atoms with Crippen LogP contribution in [0.25, 0.3) is 0 Å². The van der Waals surface area contributed by atoms with Crippen molar-refractivity contribution in [2.45, 2.75) is 17.7 Å². The lowest BCUT2D eigenvalue weighted by Crippen LogP contribution is -2.42. The Kier molecular flexibility index (Phi) is 4.41. The summed E-state index contributed by atoms with van der Waals surface area (Å²) in [6.45, 7) is 1.62. The number of hydrogen-bond donors (Lipinski definition) is 3. The van der Waals surface area contributed by atoms with Gasteiger partial charge in [-0.2, -0.15) is 4.31 Å². The summed E-state index contributed by atoms with van der Waals surface area (Å²) < 4.78 is 26.0. The topological polar surface area (TPSA) is 115 Å². The van der Waals surface area contributed by atoms with Gasteiger partial charge in [0.25, 0.3) is 5.56 Å². The third-order valence-electron chi connectivity index (χ3n) is 3.47. The maximum absolute atomic E-state index is 12.4. The molecule has 2 rings (SSSR count). The highest BCUT2D eigenvalue weighted by Crippen LogP contribution is 2.21. The Labute approximate surface area is 116 Å². The maximum atomic E-state index is 12.4. The van der Waals surface area contributed by atoms with Gasteiger partial charge in [-0.15, -0.1) is 0 Å². The molecule has 3 N–H and O–H groups in total. The van der Waals surface area contributed by atoms with Gasteiger partial charge in [0.2, 0.25) is 10.0 Å². The highest BCUT2D eigenvalue weighted by molar-refractivity contribution is 7.89. The van der Waals surface area contributed by atoms with Gasteiger partial charge in [0.15, 0.2) is 4.90 Å². The SMILES string of the molecule is CNCC1CCN(S(=O)(=O)c2c[nH]c(=O)[nH]c2=O)CC1. The summed E-state index contributed by atoms with van der Waals surface area (Å²) in [5.74, 6) is 0.445. The normalized spacial score (nSPS) is 18.2. The lowest BCUT2D eigenvalue weighted by Gasteiger charge is -2.30. The number of H-pyrrole nitrogens is 2. The second-order valence-electron chi connectivity index (χ2n) is 4.84. The van der Waals surface area contributed by atoms with Crippen molar-refractivity contribution in [3.63, 3.8) is 0 Å². The minimum absolute atomic E-state index is 0.382. The molecule has 1 fully saturated rings. The van der Waals surface area contributed by atoms with Gasteiger partial charge in [0, 0.05) is 19.3 Å². The molecule has 20 heavy (non-hydrogen) atoms. The zero-order chi connectivity index (χ0) is 14.8. The van der Waals surface area contributed by atoms with E-state index in [0.717, 1.165) is 25.6 Å². The quantitative estimate of drug-likeness (QED) is 0.638. The minimum Gasteiger partial charge on any atom is -0.319 e. The lowest BCUT2D eigenvalue weighted by atomic mass is 9.98. The largest absolute Gasteiger partial charge is 0.325 e. The number of nitrogens with zero attached hydrogens (tertiary/aromatic N) is 1. The van der Waals surface area contributed by atoms with Crippen molar-refractivity contribution in [1.29, 1.82) is 0 Å². The van der Waals surface area contributed by atoms with Gasteiger partial charge >= 0.3 is 5.69 Å². The highest BCUT2D eigenvalue weighted by Gasteiger charge is 2.31. The first-order chi connectivity index (χ1) is 9.45. The van der Waals surface area contributed by atoms with Crippen molar-refractivity contribution in [3.8, 4) is 0 Å². The van der Waals surface area contributed by atoms with E-state index in [9.17, 15) is 18.0 Å². The Hall–Kier alpha value is -1.45. The van der Waals surface area contributed by atoms with Gasteiger partial charge < -0.3 is 10.3 Å². The van der Waals surface area contributed by atoms with E-state index in [-0.39, 0.29) is 0 Å². The first kappa shape index (κ1) is 14.9. The summed E-state index contributed by atoms with van der Waals surface area (Å²) in [7, 11) is -1.98. The zero-order valence-electron chi connectivity index (χ0n) is 11.2. The van der Waals surface area contributed by atoms with Crippen LogP contribution in [-0.4, -0.2) is 49.4 Å². The van der Waals surface area contributed by atoms with Crippen molar-refractivity contribution in [1.82, 2.24) is 19.6 Å². The summed E-state index contributed by atoms with van der Waals surface area (Å²) in [4.78, 5) is 26.2. The number of sulfonamides is 1. The molecule has 1 aliphatic heterocycles. The number of nitrogens with one attached hydrogen (secondary N) is 3. The Morgan fingerprint density at radius 1 is 1.35 bits per heavy atom. The van der Waals surface area contributed by atoms with Crippen molar-refractivity contribution < 1.29 is 8.42 Å². The third kappa shape index (κ3) is 3.00. The fourth-order valence-corrected chi connectivity index (χ4v) is 3.83. The highest BCUT2D eigenvalue weighted by atomic mass is 32.2. The number of aromatic nitrogens is 2. The predicted molar refractivity (Wildman–Crippen MR) is 73.1 cm³/mol. The zero-order valence-corrected chi connectivity index (χ0v) is 12.0. The van der Waals surface area contributed by atoms with Gasteiger partial charge in [0.1, 0.15) is 0 Å². The van der Waals surface area contributed by atoms with E-state index < -0.39 is 26.2 Å². The monoisotopic (exact) mass is 302 g/mol. The van der Waals surface area contributed by atoms with E-state index in [4.69, 9.17) is 0 Å². The average Bonchev–Trinajstić information content (AvgIpc) is 2.39. The molecule has 0 unspecified atom stereocenters. The third-order valence-corrected chi connectivity index (χ3v) is 5.37. The lowest BCUT2D eigenvalue weighted by molar-refractivity contribution is 0.270. The van der Waals surface area contributed by atoms with Gasteiger partial charge in [-0.1, -0.05) is 0 Å². The van der Waals surface area contributed by atoms with E-state index in [1.165, 1.54) is 4.31 Å². The second kappa shape index (κ2) is 5.90. The summed E-state index contributed by atoms with van der Waals surface area (Å²) >= 11 is 0. The molecule has 1 aromatic heterocycles. The van der Waals surface area contributed by atoms with Gasteiger partial charge in [-0.25, -0.2) is 13.2 Å². The van der Waals surface area contributed by atoms with E-state index in [1.54, 1.807) is 0 Å². The number of rotatable bonds is 4. The molecule has 1 saturated heterocycles. The molecule has 1 aromatic rings. The van der Waals surface area contributed by atoms with Gasteiger partial charge in [-0.3, -0.25) is 9.78 Å². The molecule has 0 amide bonds. The second-order valence-corrected chi connectivity index (χ2v) is 6.75. The van der Waals surface area contributed by atoms with E-state index in [2.05, 4.69) is 10.3 Å². The van der Waals surface area contributed by atoms with Crippen LogP contribution in [0, 0.1) is 5.92 Å². The minimum atomic E-state index is -3.85. The van der Waals surface area contributed by atoms with Gasteiger partial charge in [-0.05, 0) is 32.4 Å². The molecule has 0 bridgehead atoms. The van der Waals surface area contributed by atoms with Crippen molar-refractivity contribution in [2.75, 3.05) is 26.7 Å². The van der Waals surface area contributed by atoms with Crippen LogP contribution in [0.4, 0.5) is 0 Å². The first-order valence-electron chi connectivity index (χ1n) is 6.42. The predicted octanol–water partition coefficient (Wildman–Crippen LogP) is -1.32. The van der Waals surface area contributed by atoms with Crippen LogP contribution in [0.1, 0.15) is 12.8 Å². The maximum Gasteiger partial charge on any atom is 0.325 e. The molecular formula is C11H18N4O4S. The summed E-state index contributed by atoms with van der Waals surface area (Å²) in [5.41, 5.74) is -1.60. The van der Waals surface area contributed by atoms with Crippen molar-refractivity contribution >= 4 is 10.0 Å².